The molecule has 0 saturated heterocycles. The molecule has 39 heavy (non-hydrogen) atoms. The number of hydrogen-bond donors (Lipinski definition) is 4. The lowest BCUT2D eigenvalue weighted by Gasteiger charge is -2.22. The number of amides is 3. The minimum Gasteiger partial charge on any atom is -0.354 e. The lowest BCUT2D eigenvalue weighted by Crippen LogP contribution is -2.49. The molecule has 0 radical (unpaired) electrons. The molecule has 8 heteroatoms. The van der Waals surface area contributed by atoms with E-state index >= 15 is 0 Å². The molecular formula is C31H39N5O3. The first-order valence-corrected chi connectivity index (χ1v) is 13.3. The predicted molar refractivity (Wildman–Crippen MR) is 155 cm³/mol. The molecule has 8 nitrogen and oxygen atoms in total. The Hall–Kier alpha value is -4.01. The summed E-state index contributed by atoms with van der Waals surface area (Å²) in [6.45, 7) is 5.37. The van der Waals surface area contributed by atoms with Crippen LogP contribution < -0.4 is 21.7 Å². The molecule has 3 aromatic rings. The van der Waals surface area contributed by atoms with Gasteiger partial charge < -0.3 is 21.7 Å². The molecule has 0 spiro atoms. The normalized spacial score (nSPS) is 12.4. The van der Waals surface area contributed by atoms with Crippen LogP contribution >= 0.6 is 0 Å². The van der Waals surface area contributed by atoms with Crippen LogP contribution in [-0.2, 0) is 33.8 Å². The van der Waals surface area contributed by atoms with Gasteiger partial charge in [0.1, 0.15) is 6.04 Å². The fraction of sp³-hybridized carbons (Fsp3) is 0.323. The molecule has 0 aliphatic carbocycles. The number of carbonyl (C=O) groups excluding carboxylic acids is 3. The van der Waals surface area contributed by atoms with Gasteiger partial charge in [0.25, 0.3) is 0 Å². The van der Waals surface area contributed by atoms with Crippen molar-refractivity contribution in [2.75, 3.05) is 25.0 Å². The molecule has 0 fully saturated rings. The maximum Gasteiger partial charge on any atom is 0.242 e. The molecule has 0 saturated carbocycles. The van der Waals surface area contributed by atoms with Crippen molar-refractivity contribution in [1.82, 2.24) is 15.5 Å². The van der Waals surface area contributed by atoms with Gasteiger partial charge in [0.2, 0.25) is 17.7 Å². The van der Waals surface area contributed by atoms with E-state index < -0.39 is 12.1 Å². The highest BCUT2D eigenvalue weighted by Gasteiger charge is 2.17. The Morgan fingerprint density at radius 3 is 1.97 bits per heavy atom. The van der Waals surface area contributed by atoms with Crippen molar-refractivity contribution in [1.29, 1.82) is 0 Å². The van der Waals surface area contributed by atoms with E-state index in [1.165, 1.54) is 11.1 Å². The van der Waals surface area contributed by atoms with E-state index in [0.717, 1.165) is 24.2 Å². The van der Waals surface area contributed by atoms with Gasteiger partial charge in [-0.25, -0.2) is 0 Å². The van der Waals surface area contributed by atoms with E-state index in [0.29, 0.717) is 19.5 Å². The van der Waals surface area contributed by atoms with Gasteiger partial charge in [0, 0.05) is 25.3 Å². The Bertz CT molecular complexity index is 1180. The summed E-state index contributed by atoms with van der Waals surface area (Å²) in [4.78, 5) is 38.9. The second kappa shape index (κ2) is 15.4. The van der Waals surface area contributed by atoms with Crippen molar-refractivity contribution in [3.8, 4) is 0 Å². The van der Waals surface area contributed by atoms with Crippen molar-refractivity contribution < 1.29 is 14.4 Å². The van der Waals surface area contributed by atoms with Crippen molar-refractivity contribution >= 4 is 23.4 Å². The van der Waals surface area contributed by atoms with Crippen molar-refractivity contribution in [3.63, 3.8) is 0 Å². The summed E-state index contributed by atoms with van der Waals surface area (Å²) in [5.41, 5.74) is 9.68. The number of nitrogens with one attached hydrogen (secondary N) is 3. The summed E-state index contributed by atoms with van der Waals surface area (Å²) in [5.74, 6) is -0.697. The molecule has 3 amide bonds. The van der Waals surface area contributed by atoms with Gasteiger partial charge in [0.15, 0.2) is 0 Å². The Morgan fingerprint density at radius 1 is 0.769 bits per heavy atom. The Morgan fingerprint density at radius 2 is 1.36 bits per heavy atom. The average molecular weight is 530 g/mol. The number of nitrogens with two attached hydrogens (primary N) is 1. The first-order valence-electron chi connectivity index (χ1n) is 13.3. The zero-order valence-electron chi connectivity index (χ0n) is 22.7. The highest BCUT2D eigenvalue weighted by molar-refractivity contribution is 5.92. The fourth-order valence-corrected chi connectivity index (χ4v) is 4.04. The zero-order chi connectivity index (χ0) is 28.0. The fourth-order valence-electron chi connectivity index (χ4n) is 4.04. The van der Waals surface area contributed by atoms with Crippen LogP contribution in [0.15, 0.2) is 84.9 Å². The van der Waals surface area contributed by atoms with E-state index in [-0.39, 0.29) is 24.3 Å². The second-order valence-corrected chi connectivity index (χ2v) is 9.74. The van der Waals surface area contributed by atoms with Crippen LogP contribution in [0.4, 0.5) is 5.69 Å². The minimum atomic E-state index is -0.666. The quantitative estimate of drug-likeness (QED) is 0.256. The average Bonchev–Trinajstić information content (AvgIpc) is 2.93. The van der Waals surface area contributed by atoms with E-state index in [2.05, 4.69) is 45.1 Å². The summed E-state index contributed by atoms with van der Waals surface area (Å²) in [6, 6.07) is 26.7. The SMILES string of the molecule is CC(N)C(=O)NC(C)C(=O)NCCc1ccc(NC(=O)CN(CCc2ccccc2)Cc2ccccc2)cc1. The van der Waals surface area contributed by atoms with Crippen LogP contribution in [-0.4, -0.2) is 54.3 Å². The third kappa shape index (κ3) is 10.7. The standard InChI is InChI=1S/C31H39N5O3/c1-23(32)30(38)34-24(2)31(39)33-19-17-26-13-15-28(16-14-26)35-29(37)22-36(21-27-11-7-4-8-12-27)20-18-25-9-5-3-6-10-25/h3-16,23-24H,17-22,32H2,1-2H3,(H,33,39)(H,34,38)(H,35,37). The van der Waals surface area contributed by atoms with E-state index in [9.17, 15) is 14.4 Å². The number of benzene rings is 3. The second-order valence-electron chi connectivity index (χ2n) is 9.74. The van der Waals surface area contributed by atoms with Crippen LogP contribution in [0.25, 0.3) is 0 Å². The first kappa shape index (κ1) is 29.5. The molecular weight excluding hydrogens is 490 g/mol. The van der Waals surface area contributed by atoms with Crippen LogP contribution in [0, 0.1) is 0 Å². The summed E-state index contributed by atoms with van der Waals surface area (Å²) in [7, 11) is 0. The molecule has 206 valence electrons. The first-order chi connectivity index (χ1) is 18.8. The van der Waals surface area contributed by atoms with Gasteiger partial charge in [-0.1, -0.05) is 72.8 Å². The molecule has 2 unspecified atom stereocenters. The number of carbonyl (C=O) groups is 3. The van der Waals surface area contributed by atoms with Crippen molar-refractivity contribution in [2.24, 2.45) is 5.73 Å². The van der Waals surface area contributed by atoms with Gasteiger partial charge in [-0.05, 0) is 55.5 Å². The van der Waals surface area contributed by atoms with Gasteiger partial charge >= 0.3 is 0 Å². The lowest BCUT2D eigenvalue weighted by molar-refractivity contribution is -0.129. The molecule has 0 aromatic heterocycles. The van der Waals surface area contributed by atoms with Gasteiger partial charge in [0.05, 0.1) is 12.6 Å². The number of hydrogen-bond acceptors (Lipinski definition) is 5. The van der Waals surface area contributed by atoms with Gasteiger partial charge in [-0.15, -0.1) is 0 Å². The summed E-state index contributed by atoms with van der Waals surface area (Å²) in [6.07, 6.45) is 1.49. The van der Waals surface area contributed by atoms with Crippen molar-refractivity contribution in [2.45, 2.75) is 45.3 Å². The summed E-state index contributed by atoms with van der Waals surface area (Å²) in [5, 5.41) is 8.39. The van der Waals surface area contributed by atoms with Crippen molar-refractivity contribution in [3.05, 3.63) is 102 Å². The van der Waals surface area contributed by atoms with Crippen LogP contribution in [0.2, 0.25) is 0 Å². The summed E-state index contributed by atoms with van der Waals surface area (Å²) >= 11 is 0. The smallest absolute Gasteiger partial charge is 0.242 e. The van der Waals surface area contributed by atoms with Crippen LogP contribution in [0.1, 0.15) is 30.5 Å². The molecule has 0 aliphatic heterocycles. The highest BCUT2D eigenvalue weighted by atomic mass is 16.2. The largest absolute Gasteiger partial charge is 0.354 e. The van der Waals surface area contributed by atoms with E-state index in [1.54, 1.807) is 13.8 Å². The lowest BCUT2D eigenvalue weighted by atomic mass is 10.1. The zero-order valence-corrected chi connectivity index (χ0v) is 22.7. The predicted octanol–water partition coefficient (Wildman–Crippen LogP) is 2.88. The molecule has 5 N–H and O–H groups in total. The number of anilines is 1. The molecule has 0 aliphatic rings. The van der Waals surface area contributed by atoms with Crippen LogP contribution in [0.3, 0.4) is 0 Å². The Kier molecular flexibility index (Phi) is 11.7. The van der Waals surface area contributed by atoms with Crippen LogP contribution in [0.5, 0.6) is 0 Å². The minimum absolute atomic E-state index is 0.0677. The molecule has 2 atom stereocenters. The monoisotopic (exact) mass is 529 g/mol. The molecule has 0 bridgehead atoms. The topological polar surface area (TPSA) is 117 Å². The number of rotatable bonds is 14. The molecule has 0 heterocycles. The van der Waals surface area contributed by atoms with E-state index in [4.69, 9.17) is 5.73 Å². The Balaban J connectivity index is 1.47. The Labute approximate surface area is 231 Å². The maximum atomic E-state index is 12.9. The third-order valence-electron chi connectivity index (χ3n) is 6.29. The highest BCUT2D eigenvalue weighted by Crippen LogP contribution is 2.12. The van der Waals surface area contributed by atoms with Gasteiger partial charge in [-0.2, -0.15) is 0 Å². The maximum absolute atomic E-state index is 12.9. The van der Waals surface area contributed by atoms with E-state index in [1.807, 2.05) is 60.7 Å². The summed E-state index contributed by atoms with van der Waals surface area (Å²) < 4.78 is 0. The third-order valence-corrected chi connectivity index (χ3v) is 6.29. The molecule has 3 aromatic carbocycles. The number of nitrogens with zero attached hydrogens (tertiary/aromatic N) is 1. The molecule has 3 rings (SSSR count). The van der Waals surface area contributed by atoms with Gasteiger partial charge in [-0.3, -0.25) is 19.3 Å².